The smallest absolute Gasteiger partial charge is 0.141 e. The predicted molar refractivity (Wildman–Crippen MR) is 87.3 cm³/mol. The molecule has 3 aromatic rings. The average molecular weight is 360 g/mol. The van der Waals surface area contributed by atoms with Crippen molar-refractivity contribution in [2.24, 2.45) is 0 Å². The van der Waals surface area contributed by atoms with Crippen molar-refractivity contribution in [2.45, 2.75) is 13.0 Å². The first-order chi connectivity index (χ1) is 10.7. The number of hydrogen-bond donors (Lipinski definition) is 1. The van der Waals surface area contributed by atoms with Crippen LogP contribution in [0.4, 0.5) is 11.5 Å². The van der Waals surface area contributed by atoms with E-state index in [9.17, 15) is 0 Å². The van der Waals surface area contributed by atoms with Gasteiger partial charge in [0.1, 0.15) is 12.1 Å². The lowest BCUT2D eigenvalue weighted by Gasteiger charge is -2.25. The predicted octanol–water partition coefficient (Wildman–Crippen LogP) is 3.21. The summed E-state index contributed by atoms with van der Waals surface area (Å²) in [5, 5.41) is 8.68. The van der Waals surface area contributed by atoms with Crippen LogP contribution in [0.15, 0.2) is 35.3 Å². The monoisotopic (exact) mass is 359 g/mol. The molecule has 0 radical (unpaired) electrons. The summed E-state index contributed by atoms with van der Waals surface area (Å²) in [6.45, 7) is 3.50. The largest absolute Gasteiger partial charge is 0.377 e. The molecule has 1 aromatic carbocycles. The first-order valence-corrected chi connectivity index (χ1v) is 7.80. The van der Waals surface area contributed by atoms with Crippen LogP contribution in [0.5, 0.6) is 0 Å². The Hall–Kier alpha value is -1.99. The molecule has 6 nitrogen and oxygen atoms in total. The Kier molecular flexibility index (Phi) is 3.31. The fourth-order valence-electron chi connectivity index (χ4n) is 2.47. The van der Waals surface area contributed by atoms with E-state index in [0.717, 1.165) is 45.7 Å². The summed E-state index contributed by atoms with van der Waals surface area (Å²) >= 11 is 3.56. The van der Waals surface area contributed by atoms with Crippen molar-refractivity contribution in [2.75, 3.05) is 18.5 Å². The molecule has 0 aliphatic carbocycles. The molecule has 2 aromatic heterocycles. The molecule has 0 saturated carbocycles. The maximum absolute atomic E-state index is 5.19. The van der Waals surface area contributed by atoms with Crippen molar-refractivity contribution in [1.82, 2.24) is 19.7 Å². The van der Waals surface area contributed by atoms with Gasteiger partial charge in [0.2, 0.25) is 0 Å². The number of hydrogen-bond acceptors (Lipinski definition) is 5. The van der Waals surface area contributed by atoms with E-state index in [-0.39, 0.29) is 0 Å². The van der Waals surface area contributed by atoms with Gasteiger partial charge in [-0.1, -0.05) is 0 Å². The molecule has 3 heterocycles. The van der Waals surface area contributed by atoms with Crippen molar-refractivity contribution in [1.29, 1.82) is 0 Å². The Morgan fingerprint density at radius 3 is 2.95 bits per heavy atom. The van der Waals surface area contributed by atoms with E-state index < -0.39 is 0 Å². The number of aryl methyl sites for hydroxylation is 1. The zero-order valence-electron chi connectivity index (χ0n) is 12.0. The van der Waals surface area contributed by atoms with E-state index in [2.05, 4.69) is 49.3 Å². The third-order valence-electron chi connectivity index (χ3n) is 3.70. The molecule has 1 fully saturated rings. The molecule has 0 atom stereocenters. The molecule has 1 aliphatic rings. The van der Waals surface area contributed by atoms with Crippen LogP contribution in [0.3, 0.4) is 0 Å². The van der Waals surface area contributed by atoms with Crippen LogP contribution in [-0.4, -0.2) is 33.0 Å². The second kappa shape index (κ2) is 5.33. The standard InChI is InChI=1S/C15H14BrN5O/c1-9-2-12-14(13(16)3-9)17-8-18-15(12)20-10-4-19-21(5-10)11-6-22-7-11/h2-5,8,11H,6-7H2,1H3,(H,17,18,20). The summed E-state index contributed by atoms with van der Waals surface area (Å²) in [7, 11) is 0. The Morgan fingerprint density at radius 2 is 2.18 bits per heavy atom. The van der Waals surface area contributed by atoms with Gasteiger partial charge in [0.25, 0.3) is 0 Å². The molecular formula is C15H14BrN5O. The van der Waals surface area contributed by atoms with Gasteiger partial charge in [-0.25, -0.2) is 9.97 Å². The molecule has 112 valence electrons. The topological polar surface area (TPSA) is 64.9 Å². The third kappa shape index (κ3) is 2.36. The summed E-state index contributed by atoms with van der Waals surface area (Å²) in [5.74, 6) is 0.777. The highest BCUT2D eigenvalue weighted by Crippen LogP contribution is 2.29. The summed E-state index contributed by atoms with van der Waals surface area (Å²) in [6.07, 6.45) is 5.35. The van der Waals surface area contributed by atoms with E-state index in [0.29, 0.717) is 6.04 Å². The molecule has 0 unspecified atom stereocenters. The van der Waals surface area contributed by atoms with E-state index in [4.69, 9.17) is 4.74 Å². The number of rotatable bonds is 3. The summed E-state index contributed by atoms with van der Waals surface area (Å²) in [4.78, 5) is 8.71. The van der Waals surface area contributed by atoms with Crippen LogP contribution in [0.25, 0.3) is 10.9 Å². The first-order valence-electron chi connectivity index (χ1n) is 7.00. The summed E-state index contributed by atoms with van der Waals surface area (Å²) < 4.78 is 8.09. The van der Waals surface area contributed by atoms with Gasteiger partial charge < -0.3 is 10.1 Å². The Morgan fingerprint density at radius 1 is 1.32 bits per heavy atom. The van der Waals surface area contributed by atoms with Gasteiger partial charge in [-0.3, -0.25) is 4.68 Å². The van der Waals surface area contributed by atoms with Crippen molar-refractivity contribution >= 4 is 38.3 Å². The zero-order valence-corrected chi connectivity index (χ0v) is 13.5. The summed E-state index contributed by atoms with van der Waals surface area (Å²) in [6, 6.07) is 4.47. The van der Waals surface area contributed by atoms with Crippen molar-refractivity contribution in [3.63, 3.8) is 0 Å². The molecule has 0 bridgehead atoms. The quantitative estimate of drug-likeness (QED) is 0.777. The first kappa shape index (κ1) is 13.7. The third-order valence-corrected chi connectivity index (χ3v) is 4.30. The molecule has 22 heavy (non-hydrogen) atoms. The van der Waals surface area contributed by atoms with Gasteiger partial charge >= 0.3 is 0 Å². The average Bonchev–Trinajstić information content (AvgIpc) is 2.86. The second-order valence-corrected chi connectivity index (χ2v) is 6.24. The normalized spacial score (nSPS) is 15.0. The molecule has 4 rings (SSSR count). The minimum absolute atomic E-state index is 0.342. The van der Waals surface area contributed by atoms with Crippen molar-refractivity contribution in [3.05, 3.63) is 40.9 Å². The summed E-state index contributed by atoms with van der Waals surface area (Å²) in [5.41, 5.74) is 2.95. The molecule has 1 aliphatic heterocycles. The van der Waals surface area contributed by atoms with Crippen LogP contribution in [0.1, 0.15) is 11.6 Å². The molecular weight excluding hydrogens is 346 g/mol. The number of aromatic nitrogens is 4. The second-order valence-electron chi connectivity index (χ2n) is 5.39. The van der Waals surface area contributed by atoms with Crippen LogP contribution >= 0.6 is 15.9 Å². The van der Waals surface area contributed by atoms with Gasteiger partial charge in [0, 0.05) is 16.1 Å². The highest BCUT2D eigenvalue weighted by atomic mass is 79.9. The molecule has 7 heteroatoms. The Bertz CT molecular complexity index is 843. The maximum atomic E-state index is 5.19. The van der Waals surface area contributed by atoms with Crippen LogP contribution in [0.2, 0.25) is 0 Å². The van der Waals surface area contributed by atoms with Crippen LogP contribution < -0.4 is 5.32 Å². The van der Waals surface area contributed by atoms with E-state index in [1.807, 2.05) is 16.9 Å². The number of ether oxygens (including phenoxy) is 1. The number of halogens is 1. The van der Waals surface area contributed by atoms with Crippen LogP contribution in [-0.2, 0) is 4.74 Å². The number of nitrogens with zero attached hydrogens (tertiary/aromatic N) is 4. The fourth-order valence-corrected chi connectivity index (χ4v) is 3.15. The lowest BCUT2D eigenvalue weighted by atomic mass is 10.1. The number of fused-ring (bicyclic) bond motifs is 1. The van der Waals surface area contributed by atoms with E-state index in [1.165, 1.54) is 0 Å². The zero-order chi connectivity index (χ0) is 15.1. The molecule has 1 N–H and O–H groups in total. The van der Waals surface area contributed by atoms with Crippen LogP contribution in [0, 0.1) is 6.92 Å². The minimum Gasteiger partial charge on any atom is -0.377 e. The highest BCUT2D eigenvalue weighted by molar-refractivity contribution is 9.10. The Labute approximate surface area is 135 Å². The molecule has 0 spiro atoms. The van der Waals surface area contributed by atoms with Gasteiger partial charge in [-0.05, 0) is 40.5 Å². The Balaban J connectivity index is 1.70. The van der Waals surface area contributed by atoms with E-state index in [1.54, 1.807) is 12.5 Å². The van der Waals surface area contributed by atoms with Gasteiger partial charge in [-0.15, -0.1) is 0 Å². The number of nitrogens with one attached hydrogen (secondary N) is 1. The van der Waals surface area contributed by atoms with Crippen molar-refractivity contribution in [3.8, 4) is 0 Å². The van der Waals surface area contributed by atoms with Gasteiger partial charge in [0.05, 0.1) is 36.7 Å². The SMILES string of the molecule is Cc1cc(Br)c2ncnc(Nc3cnn(C4COC4)c3)c2c1. The number of benzene rings is 1. The van der Waals surface area contributed by atoms with Crippen molar-refractivity contribution < 1.29 is 4.74 Å². The molecule has 0 amide bonds. The lowest BCUT2D eigenvalue weighted by molar-refractivity contribution is -0.0286. The van der Waals surface area contributed by atoms with E-state index >= 15 is 0 Å². The minimum atomic E-state index is 0.342. The van der Waals surface area contributed by atoms with Gasteiger partial charge in [-0.2, -0.15) is 5.10 Å². The highest BCUT2D eigenvalue weighted by Gasteiger charge is 2.21. The number of anilines is 2. The molecule has 1 saturated heterocycles. The lowest BCUT2D eigenvalue weighted by Crippen LogP contribution is -2.30. The maximum Gasteiger partial charge on any atom is 0.141 e. The van der Waals surface area contributed by atoms with Gasteiger partial charge in [0.15, 0.2) is 0 Å². The fraction of sp³-hybridized carbons (Fsp3) is 0.267.